The zero-order valence-corrected chi connectivity index (χ0v) is 12.7. The van der Waals surface area contributed by atoms with E-state index in [0.717, 1.165) is 40.6 Å². The molecule has 19 heavy (non-hydrogen) atoms. The van der Waals surface area contributed by atoms with Gasteiger partial charge in [-0.05, 0) is 73.6 Å². The molecule has 2 fully saturated rings. The van der Waals surface area contributed by atoms with E-state index in [2.05, 4.69) is 15.9 Å². The molecule has 3 rings (SSSR count). The van der Waals surface area contributed by atoms with Gasteiger partial charge in [0.25, 0.3) is 0 Å². The van der Waals surface area contributed by atoms with E-state index >= 15 is 0 Å². The molecule has 0 radical (unpaired) electrons. The first kappa shape index (κ1) is 13.6. The summed E-state index contributed by atoms with van der Waals surface area (Å²) in [6.07, 6.45) is 7.53. The van der Waals surface area contributed by atoms with E-state index in [1.54, 1.807) is 12.1 Å². The van der Waals surface area contributed by atoms with E-state index < -0.39 is 0 Å². The molecule has 3 heteroatoms. The van der Waals surface area contributed by atoms with E-state index in [4.69, 9.17) is 5.73 Å². The predicted octanol–water partition coefficient (Wildman–Crippen LogP) is 4.28. The Morgan fingerprint density at radius 3 is 2.84 bits per heavy atom. The fourth-order valence-electron chi connectivity index (χ4n) is 4.12. The molecule has 0 spiro atoms. The van der Waals surface area contributed by atoms with Crippen molar-refractivity contribution in [3.63, 3.8) is 0 Å². The molecule has 2 aliphatic rings. The first-order chi connectivity index (χ1) is 9.11. The molecule has 2 bridgehead atoms. The van der Waals surface area contributed by atoms with Crippen molar-refractivity contribution in [2.24, 2.45) is 23.5 Å². The average molecular weight is 326 g/mol. The van der Waals surface area contributed by atoms with Crippen LogP contribution in [0.1, 0.15) is 37.7 Å². The molecule has 2 saturated carbocycles. The van der Waals surface area contributed by atoms with Gasteiger partial charge in [-0.1, -0.05) is 22.4 Å². The highest BCUT2D eigenvalue weighted by Crippen LogP contribution is 2.49. The van der Waals surface area contributed by atoms with Gasteiger partial charge in [0, 0.05) is 10.5 Å². The van der Waals surface area contributed by atoms with E-state index in [1.165, 1.54) is 31.7 Å². The molecule has 0 amide bonds. The van der Waals surface area contributed by atoms with Gasteiger partial charge in [0.15, 0.2) is 0 Å². The quantitative estimate of drug-likeness (QED) is 0.878. The summed E-state index contributed by atoms with van der Waals surface area (Å²) in [5, 5.41) is 0. The van der Waals surface area contributed by atoms with Crippen LogP contribution >= 0.6 is 15.9 Å². The molecule has 4 unspecified atom stereocenters. The van der Waals surface area contributed by atoms with E-state index in [1.807, 2.05) is 0 Å². The second kappa shape index (κ2) is 5.53. The summed E-state index contributed by atoms with van der Waals surface area (Å²) in [5.41, 5.74) is 7.29. The van der Waals surface area contributed by atoms with Crippen LogP contribution < -0.4 is 5.73 Å². The number of hydrogen-bond donors (Lipinski definition) is 1. The summed E-state index contributed by atoms with van der Waals surface area (Å²) in [6.45, 7) is 0. The van der Waals surface area contributed by atoms with Crippen LogP contribution in [0.5, 0.6) is 0 Å². The van der Waals surface area contributed by atoms with Gasteiger partial charge in [-0.2, -0.15) is 0 Å². The summed E-state index contributed by atoms with van der Waals surface area (Å²) < 4.78 is 14.2. The van der Waals surface area contributed by atoms with Gasteiger partial charge in [-0.3, -0.25) is 0 Å². The molecule has 0 aliphatic heterocycles. The average Bonchev–Trinajstić information content (AvgIpc) is 2.96. The van der Waals surface area contributed by atoms with Gasteiger partial charge >= 0.3 is 0 Å². The Morgan fingerprint density at radius 1 is 1.32 bits per heavy atom. The molecule has 2 aliphatic carbocycles. The van der Waals surface area contributed by atoms with Crippen molar-refractivity contribution in [1.82, 2.24) is 0 Å². The molecule has 0 heterocycles. The van der Waals surface area contributed by atoms with Gasteiger partial charge < -0.3 is 5.73 Å². The fraction of sp³-hybridized carbons (Fsp3) is 0.625. The van der Waals surface area contributed by atoms with Crippen LogP contribution in [0.25, 0.3) is 0 Å². The zero-order chi connectivity index (χ0) is 13.4. The highest BCUT2D eigenvalue weighted by atomic mass is 79.9. The lowest BCUT2D eigenvalue weighted by atomic mass is 9.83. The van der Waals surface area contributed by atoms with Gasteiger partial charge in [-0.25, -0.2) is 4.39 Å². The lowest BCUT2D eigenvalue weighted by molar-refractivity contribution is 0.294. The van der Waals surface area contributed by atoms with E-state index in [9.17, 15) is 4.39 Å². The van der Waals surface area contributed by atoms with E-state index in [-0.39, 0.29) is 11.9 Å². The number of nitrogens with two attached hydrogens (primary N) is 1. The Bertz CT molecular complexity index is 462. The third-order valence-corrected chi connectivity index (χ3v) is 5.75. The SMILES string of the molecule is NC(Cc1cc(F)ccc1Br)CC1CC2CCC1C2. The maximum Gasteiger partial charge on any atom is 0.123 e. The molecule has 0 saturated heterocycles. The van der Waals surface area contributed by atoms with Crippen LogP contribution in [0.4, 0.5) is 4.39 Å². The Hall–Kier alpha value is -0.410. The molecular weight excluding hydrogens is 305 g/mol. The minimum Gasteiger partial charge on any atom is -0.327 e. The highest BCUT2D eigenvalue weighted by molar-refractivity contribution is 9.10. The minimum atomic E-state index is -0.176. The lowest BCUT2D eigenvalue weighted by Gasteiger charge is -2.25. The van der Waals surface area contributed by atoms with E-state index in [0.29, 0.717) is 0 Å². The summed E-state index contributed by atoms with van der Waals surface area (Å²) in [5.74, 6) is 2.54. The number of benzene rings is 1. The first-order valence-corrected chi connectivity index (χ1v) is 8.10. The third-order valence-electron chi connectivity index (χ3n) is 4.98. The molecule has 1 nitrogen and oxygen atoms in total. The van der Waals surface area contributed by atoms with Crippen molar-refractivity contribution in [3.05, 3.63) is 34.1 Å². The number of fused-ring (bicyclic) bond motifs is 2. The van der Waals surface area contributed by atoms with Gasteiger partial charge in [0.1, 0.15) is 5.82 Å². The monoisotopic (exact) mass is 325 g/mol. The minimum absolute atomic E-state index is 0.155. The summed E-state index contributed by atoms with van der Waals surface area (Å²) in [4.78, 5) is 0. The molecule has 2 N–H and O–H groups in total. The smallest absolute Gasteiger partial charge is 0.123 e. The van der Waals surface area contributed by atoms with Crippen molar-refractivity contribution >= 4 is 15.9 Å². The highest BCUT2D eigenvalue weighted by Gasteiger charge is 2.39. The number of halogens is 2. The van der Waals surface area contributed by atoms with Gasteiger partial charge in [-0.15, -0.1) is 0 Å². The topological polar surface area (TPSA) is 26.0 Å². The maximum absolute atomic E-state index is 13.3. The molecular formula is C16H21BrFN. The summed E-state index contributed by atoms with van der Waals surface area (Å²) in [7, 11) is 0. The van der Waals surface area contributed by atoms with Crippen LogP contribution in [-0.4, -0.2) is 6.04 Å². The Kier molecular flexibility index (Phi) is 3.95. The second-order valence-corrected chi connectivity index (χ2v) is 7.22. The predicted molar refractivity (Wildman–Crippen MR) is 79.3 cm³/mol. The van der Waals surface area contributed by atoms with Crippen molar-refractivity contribution in [3.8, 4) is 0 Å². The number of rotatable bonds is 4. The molecule has 1 aromatic rings. The standard InChI is InChI=1S/C16H21BrFN/c17-16-4-3-14(18)7-13(16)9-15(19)8-12-6-10-1-2-11(12)5-10/h3-4,7,10-12,15H,1-2,5-6,8-9,19H2. The molecule has 4 atom stereocenters. The lowest BCUT2D eigenvalue weighted by Crippen LogP contribution is -2.28. The van der Waals surface area contributed by atoms with Gasteiger partial charge in [0.05, 0.1) is 0 Å². The largest absolute Gasteiger partial charge is 0.327 e. The number of hydrogen-bond acceptors (Lipinski definition) is 1. The van der Waals surface area contributed by atoms with Crippen LogP contribution in [0.15, 0.2) is 22.7 Å². The summed E-state index contributed by atoms with van der Waals surface area (Å²) in [6, 6.07) is 5.01. The van der Waals surface area contributed by atoms with Crippen molar-refractivity contribution < 1.29 is 4.39 Å². The van der Waals surface area contributed by atoms with Crippen LogP contribution in [0.3, 0.4) is 0 Å². The second-order valence-electron chi connectivity index (χ2n) is 6.37. The zero-order valence-electron chi connectivity index (χ0n) is 11.1. The van der Waals surface area contributed by atoms with Crippen molar-refractivity contribution in [2.75, 3.05) is 0 Å². The third kappa shape index (κ3) is 3.03. The van der Waals surface area contributed by atoms with Crippen LogP contribution in [0, 0.1) is 23.6 Å². The first-order valence-electron chi connectivity index (χ1n) is 7.31. The van der Waals surface area contributed by atoms with Crippen LogP contribution in [0.2, 0.25) is 0 Å². The maximum atomic E-state index is 13.3. The Balaban J connectivity index is 1.59. The molecule has 1 aromatic carbocycles. The normalized spacial score (nSPS) is 30.8. The molecule has 0 aromatic heterocycles. The summed E-state index contributed by atoms with van der Waals surface area (Å²) >= 11 is 3.48. The van der Waals surface area contributed by atoms with Crippen LogP contribution in [-0.2, 0) is 6.42 Å². The van der Waals surface area contributed by atoms with Crippen molar-refractivity contribution in [2.45, 2.75) is 44.6 Å². The molecule has 104 valence electrons. The Morgan fingerprint density at radius 2 is 2.16 bits per heavy atom. The van der Waals surface area contributed by atoms with Crippen molar-refractivity contribution in [1.29, 1.82) is 0 Å². The fourth-order valence-corrected chi connectivity index (χ4v) is 4.53. The van der Waals surface area contributed by atoms with Gasteiger partial charge in [0.2, 0.25) is 0 Å². The Labute approximate surface area is 122 Å².